The Morgan fingerprint density at radius 1 is 1.04 bits per heavy atom. The molecule has 0 atom stereocenters. The maximum atomic E-state index is 12.3. The minimum absolute atomic E-state index is 0.0245. The zero-order valence-corrected chi connectivity index (χ0v) is 16.3. The van der Waals surface area contributed by atoms with Crippen LogP contribution in [0.3, 0.4) is 0 Å². The van der Waals surface area contributed by atoms with Gasteiger partial charge in [0.05, 0.1) is 6.42 Å². The summed E-state index contributed by atoms with van der Waals surface area (Å²) in [7, 11) is 0. The summed E-state index contributed by atoms with van der Waals surface area (Å²) in [6.45, 7) is 1.91. The zero-order chi connectivity index (χ0) is 20.4. The molecule has 7 nitrogen and oxygen atoms in total. The number of ether oxygens (including phenoxy) is 1. The van der Waals surface area contributed by atoms with E-state index in [4.69, 9.17) is 4.74 Å². The minimum atomic E-state index is -0.705. The third-order valence-corrected chi connectivity index (χ3v) is 4.66. The summed E-state index contributed by atoms with van der Waals surface area (Å²) < 4.78 is 4.82. The lowest BCUT2D eigenvalue weighted by Crippen LogP contribution is -2.41. The Balaban J connectivity index is 1.68. The average Bonchev–Trinajstić information content (AvgIpc) is 2.70. The topological polar surface area (TPSA) is 102 Å². The van der Waals surface area contributed by atoms with Gasteiger partial charge >= 0.3 is 12.0 Å². The monoisotopic (exact) mass is 388 g/mol. The highest BCUT2D eigenvalue weighted by Crippen LogP contribution is 2.23. The lowest BCUT2D eigenvalue weighted by Gasteiger charge is -2.16. The van der Waals surface area contributed by atoms with Gasteiger partial charge in [-0.3, -0.25) is 19.7 Å². The predicted octanol–water partition coefficient (Wildman–Crippen LogP) is 2.70. The van der Waals surface area contributed by atoms with Crippen molar-refractivity contribution in [3.63, 3.8) is 0 Å². The van der Waals surface area contributed by atoms with Crippen LogP contribution >= 0.6 is 0 Å². The van der Waals surface area contributed by atoms with Gasteiger partial charge in [0.2, 0.25) is 0 Å². The number of ketones is 1. The number of benzene rings is 1. The van der Waals surface area contributed by atoms with Crippen molar-refractivity contribution in [3.05, 3.63) is 34.9 Å². The number of amides is 3. The van der Waals surface area contributed by atoms with Gasteiger partial charge < -0.3 is 10.1 Å². The number of Topliss-reactive ketones (excluding diaryl/α,β-unsaturated/α-hetero) is 1. The standard InChI is InChI=1S/C21H28N2O5/c1-2-3-12-22-21(27)23-19(25)14-28-20(26)11-10-18(24)17-9-8-15-6-4-5-7-16(15)13-17/h8-9,13H,2-7,10-12,14H2,1H3,(H2,22,23,25,27). The number of carbonyl (C=O) groups excluding carboxylic acids is 4. The van der Waals surface area contributed by atoms with Crippen molar-refractivity contribution in [2.45, 2.75) is 58.3 Å². The number of nitrogens with one attached hydrogen (secondary N) is 2. The molecule has 0 aromatic heterocycles. The third-order valence-electron chi connectivity index (χ3n) is 4.66. The first-order valence-electron chi connectivity index (χ1n) is 9.88. The molecule has 0 unspecified atom stereocenters. The van der Waals surface area contributed by atoms with E-state index in [2.05, 4.69) is 10.6 Å². The molecule has 1 aliphatic rings. The van der Waals surface area contributed by atoms with Crippen molar-refractivity contribution in [2.75, 3.05) is 13.2 Å². The Bertz CT molecular complexity index is 730. The first-order valence-corrected chi connectivity index (χ1v) is 9.88. The Hall–Kier alpha value is -2.70. The first kappa shape index (κ1) is 21.6. The molecule has 2 rings (SSSR count). The molecule has 0 aliphatic heterocycles. The molecule has 0 heterocycles. The molecule has 0 saturated carbocycles. The van der Waals surface area contributed by atoms with E-state index in [0.717, 1.165) is 32.1 Å². The summed E-state index contributed by atoms with van der Waals surface area (Å²) in [4.78, 5) is 47.1. The first-order chi connectivity index (χ1) is 13.5. The van der Waals surface area contributed by atoms with Gasteiger partial charge in [-0.25, -0.2) is 4.79 Å². The van der Waals surface area contributed by atoms with Gasteiger partial charge in [0.1, 0.15) is 0 Å². The lowest BCUT2D eigenvalue weighted by atomic mass is 9.89. The number of urea groups is 1. The fourth-order valence-corrected chi connectivity index (χ4v) is 3.07. The van der Waals surface area contributed by atoms with E-state index in [9.17, 15) is 19.2 Å². The number of unbranched alkanes of at least 4 members (excludes halogenated alkanes) is 1. The van der Waals surface area contributed by atoms with Crippen LogP contribution in [-0.2, 0) is 27.2 Å². The number of hydrogen-bond acceptors (Lipinski definition) is 5. The summed E-state index contributed by atoms with van der Waals surface area (Å²) in [6.07, 6.45) is 6.01. The second kappa shape index (κ2) is 11.2. The molecule has 0 fully saturated rings. The van der Waals surface area contributed by atoms with Crippen LogP contribution in [0.4, 0.5) is 4.79 Å². The van der Waals surface area contributed by atoms with Crippen LogP contribution in [0, 0.1) is 0 Å². The van der Waals surface area contributed by atoms with E-state index >= 15 is 0 Å². The molecule has 2 N–H and O–H groups in total. The second-order valence-electron chi connectivity index (χ2n) is 6.93. The molecule has 7 heteroatoms. The number of carbonyl (C=O) groups is 4. The van der Waals surface area contributed by atoms with Crippen molar-refractivity contribution < 1.29 is 23.9 Å². The summed E-state index contributed by atoms with van der Waals surface area (Å²) in [5.41, 5.74) is 3.12. The van der Waals surface area contributed by atoms with Crippen LogP contribution < -0.4 is 10.6 Å². The van der Waals surface area contributed by atoms with Crippen molar-refractivity contribution in [3.8, 4) is 0 Å². The Labute approximate surface area is 165 Å². The van der Waals surface area contributed by atoms with Crippen molar-refractivity contribution in [1.29, 1.82) is 0 Å². The molecule has 0 saturated heterocycles. The number of fused-ring (bicyclic) bond motifs is 1. The largest absolute Gasteiger partial charge is 0.456 e. The molecule has 1 aromatic rings. The van der Waals surface area contributed by atoms with Gasteiger partial charge in [0.15, 0.2) is 12.4 Å². The van der Waals surface area contributed by atoms with Crippen LogP contribution in [0.15, 0.2) is 18.2 Å². The summed E-state index contributed by atoms with van der Waals surface area (Å²) in [6, 6.07) is 5.11. The normalized spacial score (nSPS) is 12.6. The van der Waals surface area contributed by atoms with E-state index in [1.54, 1.807) is 0 Å². The molecule has 1 aromatic carbocycles. The molecule has 0 bridgehead atoms. The molecular weight excluding hydrogens is 360 g/mol. The molecular formula is C21H28N2O5. The van der Waals surface area contributed by atoms with E-state index in [1.165, 1.54) is 17.5 Å². The fraction of sp³-hybridized carbons (Fsp3) is 0.524. The Kier molecular flexibility index (Phi) is 8.65. The quantitative estimate of drug-likeness (QED) is 0.385. The van der Waals surface area contributed by atoms with Crippen LogP contribution in [0.25, 0.3) is 0 Å². The van der Waals surface area contributed by atoms with E-state index < -0.39 is 24.5 Å². The smallest absolute Gasteiger partial charge is 0.321 e. The molecule has 0 radical (unpaired) electrons. The number of imide groups is 1. The number of hydrogen-bond donors (Lipinski definition) is 2. The molecule has 152 valence electrons. The number of aryl methyl sites for hydroxylation is 2. The van der Waals surface area contributed by atoms with E-state index in [-0.39, 0.29) is 18.6 Å². The van der Waals surface area contributed by atoms with Gasteiger partial charge in [0, 0.05) is 18.5 Å². The lowest BCUT2D eigenvalue weighted by molar-refractivity contribution is -0.148. The van der Waals surface area contributed by atoms with Crippen LogP contribution in [0.2, 0.25) is 0 Å². The van der Waals surface area contributed by atoms with Crippen LogP contribution in [0.1, 0.15) is 66.9 Å². The van der Waals surface area contributed by atoms with Gasteiger partial charge in [-0.05, 0) is 49.3 Å². The summed E-state index contributed by atoms with van der Waals surface area (Å²) >= 11 is 0. The SMILES string of the molecule is CCCCNC(=O)NC(=O)COC(=O)CCC(=O)c1ccc2c(c1)CCCC2. The van der Waals surface area contributed by atoms with Crippen LogP contribution in [-0.4, -0.2) is 36.8 Å². The Morgan fingerprint density at radius 3 is 2.54 bits per heavy atom. The van der Waals surface area contributed by atoms with Crippen molar-refractivity contribution >= 4 is 23.7 Å². The van der Waals surface area contributed by atoms with E-state index in [1.807, 2.05) is 25.1 Å². The summed E-state index contributed by atoms with van der Waals surface area (Å²) in [5, 5.41) is 4.61. The van der Waals surface area contributed by atoms with Crippen molar-refractivity contribution in [1.82, 2.24) is 10.6 Å². The second-order valence-corrected chi connectivity index (χ2v) is 6.93. The van der Waals surface area contributed by atoms with Gasteiger partial charge in [-0.2, -0.15) is 0 Å². The molecule has 0 spiro atoms. The summed E-state index contributed by atoms with van der Waals surface area (Å²) in [5.74, 6) is -1.47. The third kappa shape index (κ3) is 7.13. The van der Waals surface area contributed by atoms with E-state index in [0.29, 0.717) is 12.1 Å². The number of esters is 1. The Morgan fingerprint density at radius 2 is 1.79 bits per heavy atom. The van der Waals surface area contributed by atoms with Gasteiger partial charge in [0.25, 0.3) is 5.91 Å². The van der Waals surface area contributed by atoms with Crippen LogP contribution in [0.5, 0.6) is 0 Å². The highest BCUT2D eigenvalue weighted by molar-refractivity contribution is 5.98. The highest BCUT2D eigenvalue weighted by Gasteiger charge is 2.15. The minimum Gasteiger partial charge on any atom is -0.456 e. The molecule has 1 aliphatic carbocycles. The molecule has 3 amide bonds. The maximum Gasteiger partial charge on any atom is 0.321 e. The fourth-order valence-electron chi connectivity index (χ4n) is 3.07. The maximum absolute atomic E-state index is 12.3. The number of rotatable bonds is 9. The molecule has 28 heavy (non-hydrogen) atoms. The van der Waals surface area contributed by atoms with Crippen molar-refractivity contribution in [2.24, 2.45) is 0 Å². The predicted molar refractivity (Wildman–Crippen MR) is 104 cm³/mol. The van der Waals surface area contributed by atoms with Gasteiger partial charge in [-0.1, -0.05) is 25.5 Å². The average molecular weight is 388 g/mol. The van der Waals surface area contributed by atoms with Gasteiger partial charge in [-0.15, -0.1) is 0 Å². The highest BCUT2D eigenvalue weighted by atomic mass is 16.5. The zero-order valence-electron chi connectivity index (χ0n) is 16.3.